The van der Waals surface area contributed by atoms with Crippen LogP contribution in [0.15, 0.2) is 24.3 Å². The summed E-state index contributed by atoms with van der Waals surface area (Å²) in [6.07, 6.45) is -0.240. The molecule has 0 spiro atoms. The number of hydrogen-bond acceptors (Lipinski definition) is 4. The number of para-hydroxylation sites is 1. The lowest BCUT2D eigenvalue weighted by atomic mass is 9.95. The van der Waals surface area contributed by atoms with E-state index >= 15 is 0 Å². The molecule has 1 heterocycles. The molecule has 0 radical (unpaired) electrons. The van der Waals surface area contributed by atoms with Crippen LogP contribution in [0.25, 0.3) is 0 Å². The fraction of sp³-hybridized carbons (Fsp3) is 0.588. The number of ether oxygens (including phenoxy) is 1. The number of benzene rings is 1. The molecule has 1 fully saturated rings. The fourth-order valence-corrected chi connectivity index (χ4v) is 2.83. The lowest BCUT2D eigenvalue weighted by Gasteiger charge is -2.33. The van der Waals surface area contributed by atoms with Crippen LogP contribution in [0.2, 0.25) is 0 Å². The molecule has 0 aliphatic carbocycles. The molecule has 22 heavy (non-hydrogen) atoms. The number of aliphatic carboxylic acids is 1. The average Bonchev–Trinajstić information content (AvgIpc) is 2.49. The van der Waals surface area contributed by atoms with Gasteiger partial charge in [0.2, 0.25) is 0 Å². The zero-order valence-electron chi connectivity index (χ0n) is 13.2. The monoisotopic (exact) mass is 307 g/mol. The standard InChI is InChI=1S/C17H25NO4/c1-12(2)13-5-3-4-6-16(13)22-10-9-18-8-7-15(19)14(11-18)17(20)21/h3-6,12,14-15,19H,7-11H2,1-2H3,(H,20,21)/t14-,15+/m0/s1. The molecule has 2 N–H and O–H groups in total. The van der Waals surface area contributed by atoms with Crippen LogP contribution in [-0.2, 0) is 4.79 Å². The highest BCUT2D eigenvalue weighted by Gasteiger charge is 2.32. The lowest BCUT2D eigenvalue weighted by molar-refractivity contribution is -0.148. The van der Waals surface area contributed by atoms with Crippen molar-refractivity contribution >= 4 is 5.97 Å². The molecule has 0 aromatic heterocycles. The van der Waals surface area contributed by atoms with Crippen LogP contribution < -0.4 is 4.74 Å². The number of carboxylic acid groups (broad SMARTS) is 1. The van der Waals surface area contributed by atoms with Gasteiger partial charge < -0.3 is 14.9 Å². The first-order valence-corrected chi connectivity index (χ1v) is 7.84. The number of rotatable bonds is 6. The topological polar surface area (TPSA) is 70.0 Å². The maximum atomic E-state index is 11.1. The van der Waals surface area contributed by atoms with E-state index in [9.17, 15) is 9.90 Å². The predicted octanol–water partition coefficient (Wildman–Crippen LogP) is 1.96. The van der Waals surface area contributed by atoms with Gasteiger partial charge in [-0.1, -0.05) is 32.0 Å². The molecule has 5 heteroatoms. The van der Waals surface area contributed by atoms with Crippen molar-refractivity contribution < 1.29 is 19.7 Å². The summed E-state index contributed by atoms with van der Waals surface area (Å²) in [6.45, 7) is 6.54. The van der Waals surface area contributed by atoms with E-state index < -0.39 is 18.0 Å². The second-order valence-corrected chi connectivity index (χ2v) is 6.14. The summed E-state index contributed by atoms with van der Waals surface area (Å²) in [5, 5.41) is 18.8. The molecule has 1 aliphatic rings. The van der Waals surface area contributed by atoms with Crippen LogP contribution in [0, 0.1) is 5.92 Å². The third-order valence-corrected chi connectivity index (χ3v) is 4.18. The summed E-state index contributed by atoms with van der Waals surface area (Å²) >= 11 is 0. The number of hydrogen-bond donors (Lipinski definition) is 2. The number of aliphatic hydroxyl groups excluding tert-OH is 1. The van der Waals surface area contributed by atoms with Crippen LogP contribution in [0.4, 0.5) is 0 Å². The molecule has 1 saturated heterocycles. The second-order valence-electron chi connectivity index (χ2n) is 6.14. The molecular formula is C17H25NO4. The molecular weight excluding hydrogens is 282 g/mol. The number of nitrogens with zero attached hydrogens (tertiary/aromatic N) is 1. The SMILES string of the molecule is CC(C)c1ccccc1OCCN1CC[C@@H](O)[C@@H](C(=O)O)C1. The van der Waals surface area contributed by atoms with Gasteiger partial charge in [-0.25, -0.2) is 0 Å². The van der Waals surface area contributed by atoms with Gasteiger partial charge in [0.05, 0.1) is 12.0 Å². The Kier molecular flexibility index (Phi) is 5.80. The van der Waals surface area contributed by atoms with E-state index in [-0.39, 0.29) is 0 Å². The molecule has 1 aliphatic heterocycles. The first-order valence-electron chi connectivity index (χ1n) is 7.84. The van der Waals surface area contributed by atoms with Gasteiger partial charge in [0, 0.05) is 19.6 Å². The van der Waals surface area contributed by atoms with Crippen LogP contribution >= 0.6 is 0 Å². The van der Waals surface area contributed by atoms with E-state index in [0.29, 0.717) is 38.6 Å². The van der Waals surface area contributed by atoms with Crippen molar-refractivity contribution in [3.05, 3.63) is 29.8 Å². The van der Waals surface area contributed by atoms with Crippen molar-refractivity contribution in [3.8, 4) is 5.75 Å². The Morgan fingerprint density at radius 1 is 1.41 bits per heavy atom. The van der Waals surface area contributed by atoms with Crippen LogP contribution in [0.5, 0.6) is 5.75 Å². The highest BCUT2D eigenvalue weighted by atomic mass is 16.5. The molecule has 122 valence electrons. The van der Waals surface area contributed by atoms with E-state index in [1.54, 1.807) is 0 Å². The van der Waals surface area contributed by atoms with E-state index in [2.05, 4.69) is 19.9 Å². The minimum Gasteiger partial charge on any atom is -0.492 e. The minimum atomic E-state index is -0.928. The molecule has 0 bridgehead atoms. The van der Waals surface area contributed by atoms with Gasteiger partial charge >= 0.3 is 5.97 Å². The van der Waals surface area contributed by atoms with Gasteiger partial charge in [-0.05, 0) is 24.0 Å². The van der Waals surface area contributed by atoms with Gasteiger partial charge in [0.25, 0.3) is 0 Å². The quantitative estimate of drug-likeness (QED) is 0.841. The van der Waals surface area contributed by atoms with Crippen LogP contribution in [0.3, 0.4) is 0 Å². The molecule has 1 aromatic carbocycles. The van der Waals surface area contributed by atoms with E-state index in [4.69, 9.17) is 9.84 Å². The normalized spacial score (nSPS) is 22.7. The summed E-state index contributed by atoms with van der Waals surface area (Å²) in [5.74, 6) is -0.331. The van der Waals surface area contributed by atoms with Gasteiger partial charge in [-0.2, -0.15) is 0 Å². The van der Waals surface area contributed by atoms with E-state index in [1.807, 2.05) is 23.1 Å². The Labute approximate surface area is 131 Å². The first-order chi connectivity index (χ1) is 10.5. The number of piperidine rings is 1. The van der Waals surface area contributed by atoms with Crippen molar-refractivity contribution in [1.82, 2.24) is 4.90 Å². The van der Waals surface area contributed by atoms with Crippen molar-refractivity contribution in [2.75, 3.05) is 26.2 Å². The number of carboxylic acids is 1. The van der Waals surface area contributed by atoms with Gasteiger partial charge in [0.1, 0.15) is 12.4 Å². The van der Waals surface area contributed by atoms with Crippen LogP contribution in [0.1, 0.15) is 31.7 Å². The molecule has 0 unspecified atom stereocenters. The van der Waals surface area contributed by atoms with Crippen molar-refractivity contribution in [2.24, 2.45) is 5.92 Å². The Bertz CT molecular complexity index is 503. The van der Waals surface area contributed by atoms with Crippen molar-refractivity contribution in [2.45, 2.75) is 32.3 Å². The fourth-order valence-electron chi connectivity index (χ4n) is 2.83. The van der Waals surface area contributed by atoms with Crippen LogP contribution in [-0.4, -0.2) is 53.4 Å². The summed E-state index contributed by atoms with van der Waals surface area (Å²) in [6, 6.07) is 8.00. The van der Waals surface area contributed by atoms with E-state index in [1.165, 1.54) is 5.56 Å². The summed E-state index contributed by atoms with van der Waals surface area (Å²) < 4.78 is 5.87. The second kappa shape index (κ2) is 7.61. The zero-order valence-corrected chi connectivity index (χ0v) is 13.2. The summed E-state index contributed by atoms with van der Waals surface area (Å²) in [4.78, 5) is 13.2. The average molecular weight is 307 g/mol. The largest absolute Gasteiger partial charge is 0.492 e. The molecule has 0 amide bonds. The summed E-state index contributed by atoms with van der Waals surface area (Å²) in [7, 11) is 0. The summed E-state index contributed by atoms with van der Waals surface area (Å²) in [5.41, 5.74) is 1.18. The molecule has 5 nitrogen and oxygen atoms in total. The predicted molar refractivity (Wildman–Crippen MR) is 84.2 cm³/mol. The Hall–Kier alpha value is -1.59. The molecule has 2 atom stereocenters. The van der Waals surface area contributed by atoms with Gasteiger partial charge in [-0.3, -0.25) is 9.69 Å². The van der Waals surface area contributed by atoms with Crippen molar-refractivity contribution in [3.63, 3.8) is 0 Å². The van der Waals surface area contributed by atoms with E-state index in [0.717, 1.165) is 5.75 Å². The highest BCUT2D eigenvalue weighted by molar-refractivity contribution is 5.71. The Morgan fingerprint density at radius 3 is 2.82 bits per heavy atom. The Balaban J connectivity index is 1.85. The Morgan fingerprint density at radius 2 is 2.14 bits per heavy atom. The number of likely N-dealkylation sites (tertiary alicyclic amines) is 1. The maximum Gasteiger partial charge on any atom is 0.310 e. The molecule has 0 saturated carbocycles. The third kappa shape index (κ3) is 4.21. The maximum absolute atomic E-state index is 11.1. The number of aliphatic hydroxyl groups is 1. The smallest absolute Gasteiger partial charge is 0.310 e. The van der Waals surface area contributed by atoms with Gasteiger partial charge in [-0.15, -0.1) is 0 Å². The number of carbonyl (C=O) groups is 1. The molecule has 2 rings (SSSR count). The molecule has 1 aromatic rings. The third-order valence-electron chi connectivity index (χ3n) is 4.18. The lowest BCUT2D eigenvalue weighted by Crippen LogP contribution is -2.47. The van der Waals surface area contributed by atoms with Gasteiger partial charge in [0.15, 0.2) is 0 Å². The minimum absolute atomic E-state index is 0.381. The zero-order chi connectivity index (χ0) is 16.1. The van der Waals surface area contributed by atoms with Crippen molar-refractivity contribution in [1.29, 1.82) is 0 Å². The first kappa shape index (κ1) is 16.8. The highest BCUT2D eigenvalue weighted by Crippen LogP contribution is 2.26.